The molecular weight excluding hydrogens is 294 g/mol. The first-order chi connectivity index (χ1) is 11.2. The van der Waals surface area contributed by atoms with E-state index in [2.05, 4.69) is 20.3 Å². The molecule has 118 valence electrons. The third-order valence-corrected chi connectivity index (χ3v) is 4.26. The standard InChI is InChI=1S/C16H17N5O2/c1-10-17-15(23-20-10)13-8-4-5-9-21(13)16(22)14-11-6-2-3-7-12(11)18-19-14/h2-3,6-7,13H,4-5,8-9H2,1H3,(H,18,19). The molecule has 3 aromatic rings. The Morgan fingerprint density at radius 1 is 1.35 bits per heavy atom. The highest BCUT2D eigenvalue weighted by molar-refractivity contribution is 6.04. The summed E-state index contributed by atoms with van der Waals surface area (Å²) in [5, 5.41) is 11.8. The van der Waals surface area contributed by atoms with E-state index in [-0.39, 0.29) is 11.9 Å². The lowest BCUT2D eigenvalue weighted by molar-refractivity contribution is 0.0557. The van der Waals surface area contributed by atoms with E-state index in [9.17, 15) is 4.79 Å². The fourth-order valence-corrected chi connectivity index (χ4v) is 3.14. The Bertz CT molecular complexity index is 853. The number of piperidine rings is 1. The normalized spacial score (nSPS) is 18.5. The SMILES string of the molecule is Cc1noc(C2CCCCN2C(=O)c2n[nH]c3ccccc23)n1. The van der Waals surface area contributed by atoms with Gasteiger partial charge in [-0.05, 0) is 32.3 Å². The van der Waals surface area contributed by atoms with Crippen LogP contribution in [0.15, 0.2) is 28.8 Å². The summed E-state index contributed by atoms with van der Waals surface area (Å²) in [6.45, 7) is 2.45. The van der Waals surface area contributed by atoms with Crippen molar-refractivity contribution >= 4 is 16.8 Å². The first kappa shape index (κ1) is 13.9. The molecule has 0 bridgehead atoms. The molecule has 0 spiro atoms. The molecule has 7 nitrogen and oxygen atoms in total. The van der Waals surface area contributed by atoms with E-state index in [1.165, 1.54) is 0 Å². The monoisotopic (exact) mass is 311 g/mol. The molecular formula is C16H17N5O2. The maximum Gasteiger partial charge on any atom is 0.275 e. The second kappa shape index (κ2) is 5.49. The Labute approximate surface area is 132 Å². The molecule has 1 unspecified atom stereocenters. The number of benzene rings is 1. The van der Waals surface area contributed by atoms with Gasteiger partial charge in [0.05, 0.1) is 5.52 Å². The van der Waals surface area contributed by atoms with E-state index in [4.69, 9.17) is 4.52 Å². The number of amides is 1. The van der Waals surface area contributed by atoms with Crippen LogP contribution in [0, 0.1) is 6.92 Å². The molecule has 0 aliphatic carbocycles. The first-order valence-electron chi connectivity index (χ1n) is 7.78. The number of aromatic nitrogens is 4. The van der Waals surface area contributed by atoms with Crippen LogP contribution >= 0.6 is 0 Å². The van der Waals surface area contributed by atoms with E-state index in [0.29, 0.717) is 24.0 Å². The van der Waals surface area contributed by atoms with Crippen LogP contribution in [-0.4, -0.2) is 37.7 Å². The summed E-state index contributed by atoms with van der Waals surface area (Å²) >= 11 is 0. The summed E-state index contributed by atoms with van der Waals surface area (Å²) in [6, 6.07) is 7.47. The molecule has 1 aliphatic rings. The summed E-state index contributed by atoms with van der Waals surface area (Å²) in [4.78, 5) is 19.1. The molecule has 1 atom stereocenters. The number of rotatable bonds is 2. The van der Waals surface area contributed by atoms with Gasteiger partial charge in [0.1, 0.15) is 6.04 Å². The molecule has 0 saturated carbocycles. The number of aromatic amines is 1. The predicted octanol–water partition coefficient (Wildman–Crippen LogP) is 2.62. The van der Waals surface area contributed by atoms with Crippen LogP contribution < -0.4 is 0 Å². The van der Waals surface area contributed by atoms with Gasteiger partial charge in [-0.2, -0.15) is 10.1 Å². The quantitative estimate of drug-likeness (QED) is 0.786. The smallest absolute Gasteiger partial charge is 0.275 e. The molecule has 1 saturated heterocycles. The molecule has 1 aromatic carbocycles. The lowest BCUT2D eigenvalue weighted by atomic mass is 10.0. The average molecular weight is 311 g/mol. The lowest BCUT2D eigenvalue weighted by Crippen LogP contribution is -2.39. The highest BCUT2D eigenvalue weighted by Gasteiger charge is 2.34. The number of hydrogen-bond acceptors (Lipinski definition) is 5. The number of aryl methyl sites for hydroxylation is 1. The van der Waals surface area contributed by atoms with E-state index < -0.39 is 0 Å². The number of para-hydroxylation sites is 1. The second-order valence-corrected chi connectivity index (χ2v) is 5.81. The van der Waals surface area contributed by atoms with Gasteiger partial charge >= 0.3 is 0 Å². The van der Waals surface area contributed by atoms with Gasteiger partial charge in [-0.25, -0.2) is 0 Å². The van der Waals surface area contributed by atoms with Gasteiger partial charge in [0, 0.05) is 11.9 Å². The van der Waals surface area contributed by atoms with Gasteiger partial charge in [0.15, 0.2) is 11.5 Å². The molecule has 1 N–H and O–H groups in total. The second-order valence-electron chi connectivity index (χ2n) is 5.81. The van der Waals surface area contributed by atoms with Gasteiger partial charge in [-0.15, -0.1) is 0 Å². The number of nitrogens with zero attached hydrogens (tertiary/aromatic N) is 4. The van der Waals surface area contributed by atoms with Crippen LogP contribution in [0.2, 0.25) is 0 Å². The maximum atomic E-state index is 13.0. The average Bonchev–Trinajstić information content (AvgIpc) is 3.20. The fraction of sp³-hybridized carbons (Fsp3) is 0.375. The highest BCUT2D eigenvalue weighted by atomic mass is 16.5. The molecule has 4 rings (SSSR count). The number of hydrogen-bond donors (Lipinski definition) is 1. The summed E-state index contributed by atoms with van der Waals surface area (Å²) in [5.41, 5.74) is 1.31. The zero-order chi connectivity index (χ0) is 15.8. The van der Waals surface area contributed by atoms with E-state index in [1.54, 1.807) is 11.8 Å². The van der Waals surface area contributed by atoms with Crippen molar-refractivity contribution in [2.45, 2.75) is 32.2 Å². The number of H-pyrrole nitrogens is 1. The van der Waals surface area contributed by atoms with Gasteiger partial charge in [-0.1, -0.05) is 23.4 Å². The van der Waals surface area contributed by atoms with Crippen LogP contribution in [0.3, 0.4) is 0 Å². The Morgan fingerprint density at radius 3 is 3.04 bits per heavy atom. The van der Waals surface area contributed by atoms with Gasteiger partial charge in [-0.3, -0.25) is 9.89 Å². The molecule has 7 heteroatoms. The van der Waals surface area contributed by atoms with E-state index in [1.807, 2.05) is 24.3 Å². The summed E-state index contributed by atoms with van der Waals surface area (Å²) in [7, 11) is 0. The molecule has 1 aliphatic heterocycles. The maximum absolute atomic E-state index is 13.0. The lowest BCUT2D eigenvalue weighted by Gasteiger charge is -2.32. The zero-order valence-electron chi connectivity index (χ0n) is 12.8. The third kappa shape index (κ3) is 2.38. The van der Waals surface area contributed by atoms with E-state index in [0.717, 1.165) is 30.2 Å². The van der Waals surface area contributed by atoms with E-state index >= 15 is 0 Å². The van der Waals surface area contributed by atoms with Crippen molar-refractivity contribution in [2.24, 2.45) is 0 Å². The minimum atomic E-state index is -0.173. The topological polar surface area (TPSA) is 87.9 Å². The van der Waals surface area contributed by atoms with Crippen molar-refractivity contribution < 1.29 is 9.32 Å². The number of carbonyl (C=O) groups excluding carboxylic acids is 1. The molecule has 1 fully saturated rings. The van der Waals surface area contributed by atoms with Crippen molar-refractivity contribution in [3.05, 3.63) is 41.7 Å². The largest absolute Gasteiger partial charge is 0.337 e. The summed E-state index contributed by atoms with van der Waals surface area (Å²) in [5.74, 6) is 1.00. The van der Waals surface area contributed by atoms with Gasteiger partial charge < -0.3 is 9.42 Å². The van der Waals surface area contributed by atoms with Crippen LogP contribution in [0.25, 0.3) is 10.9 Å². The van der Waals surface area contributed by atoms with Crippen LogP contribution in [-0.2, 0) is 0 Å². The highest BCUT2D eigenvalue weighted by Crippen LogP contribution is 2.31. The van der Waals surface area contributed by atoms with Gasteiger partial charge in [0.2, 0.25) is 5.89 Å². The molecule has 0 radical (unpaired) electrons. The first-order valence-corrected chi connectivity index (χ1v) is 7.78. The Hall–Kier alpha value is -2.70. The van der Waals surface area contributed by atoms with Crippen LogP contribution in [0.1, 0.15) is 47.5 Å². The Balaban J connectivity index is 1.70. The predicted molar refractivity (Wildman–Crippen MR) is 82.8 cm³/mol. The van der Waals surface area contributed by atoms with Crippen molar-refractivity contribution in [3.8, 4) is 0 Å². The number of fused-ring (bicyclic) bond motifs is 1. The fourth-order valence-electron chi connectivity index (χ4n) is 3.14. The minimum Gasteiger partial charge on any atom is -0.337 e. The zero-order valence-corrected chi connectivity index (χ0v) is 12.8. The van der Waals surface area contributed by atoms with Crippen molar-refractivity contribution in [2.75, 3.05) is 6.54 Å². The molecule has 23 heavy (non-hydrogen) atoms. The molecule has 3 heterocycles. The minimum absolute atomic E-state index is 0.0944. The number of nitrogens with one attached hydrogen (secondary N) is 1. The Kier molecular flexibility index (Phi) is 3.33. The number of likely N-dealkylation sites (tertiary alicyclic amines) is 1. The van der Waals surface area contributed by atoms with Crippen molar-refractivity contribution in [1.29, 1.82) is 0 Å². The van der Waals surface area contributed by atoms with Crippen LogP contribution in [0.5, 0.6) is 0 Å². The van der Waals surface area contributed by atoms with Crippen molar-refractivity contribution in [1.82, 2.24) is 25.2 Å². The Morgan fingerprint density at radius 2 is 2.22 bits per heavy atom. The summed E-state index contributed by atoms with van der Waals surface area (Å²) < 4.78 is 5.31. The molecule has 1 amide bonds. The molecule has 2 aromatic heterocycles. The third-order valence-electron chi connectivity index (χ3n) is 4.26. The van der Waals surface area contributed by atoms with Crippen LogP contribution in [0.4, 0.5) is 0 Å². The number of carbonyl (C=O) groups is 1. The van der Waals surface area contributed by atoms with Crippen molar-refractivity contribution in [3.63, 3.8) is 0 Å². The summed E-state index contributed by atoms with van der Waals surface area (Å²) in [6.07, 6.45) is 2.84. The van der Waals surface area contributed by atoms with Gasteiger partial charge in [0.25, 0.3) is 5.91 Å².